The molecule has 0 bridgehead atoms. The maximum atomic E-state index is 5.83. The van der Waals surface area contributed by atoms with Gasteiger partial charge in [-0.25, -0.2) is 0 Å². The Morgan fingerprint density at radius 1 is 1.24 bits per heavy atom. The summed E-state index contributed by atoms with van der Waals surface area (Å²) in [5.41, 5.74) is 1.20. The lowest BCUT2D eigenvalue weighted by molar-refractivity contribution is 0.268. The maximum absolute atomic E-state index is 5.83. The third kappa shape index (κ3) is 5.55. The summed E-state index contributed by atoms with van der Waals surface area (Å²) in [6.07, 6.45) is 0. The topological polar surface area (TPSA) is 21.3 Å². The molecular weight excluding hydrogens is 278 g/mol. The summed E-state index contributed by atoms with van der Waals surface area (Å²) in [6, 6.07) is 6.65. The maximum Gasteiger partial charge on any atom is 0.123 e. The van der Waals surface area contributed by atoms with Gasteiger partial charge in [0.25, 0.3) is 0 Å². The van der Waals surface area contributed by atoms with E-state index >= 15 is 0 Å². The van der Waals surface area contributed by atoms with Crippen LogP contribution < -0.4 is 10.1 Å². The van der Waals surface area contributed by atoms with Crippen molar-refractivity contribution in [2.24, 2.45) is 5.92 Å². The van der Waals surface area contributed by atoms with E-state index in [1.807, 2.05) is 12.1 Å². The fraction of sp³-hybridized carbons (Fsp3) is 0.571. The van der Waals surface area contributed by atoms with Crippen LogP contribution in [0.2, 0.25) is 0 Å². The molecule has 1 N–H and O–H groups in total. The first-order valence-electron chi connectivity index (χ1n) is 6.13. The zero-order valence-corrected chi connectivity index (χ0v) is 12.7. The molecule has 3 heteroatoms. The smallest absolute Gasteiger partial charge is 0.123 e. The Morgan fingerprint density at radius 2 is 1.94 bits per heavy atom. The lowest BCUT2D eigenvalue weighted by atomic mass is 10.2. The van der Waals surface area contributed by atoms with Crippen molar-refractivity contribution in [3.8, 4) is 5.75 Å². The first-order valence-corrected chi connectivity index (χ1v) is 6.93. The Balaban J connectivity index is 2.72. The molecule has 0 aliphatic heterocycles. The highest BCUT2D eigenvalue weighted by molar-refractivity contribution is 9.10. The second kappa shape index (κ2) is 7.02. The molecular formula is C14H22BrNO. The Bertz CT molecular complexity index is 350. The summed E-state index contributed by atoms with van der Waals surface area (Å²) < 4.78 is 6.92. The van der Waals surface area contributed by atoms with Crippen molar-refractivity contribution in [3.05, 3.63) is 28.2 Å². The lowest BCUT2D eigenvalue weighted by Crippen LogP contribution is -2.22. The third-order valence-electron chi connectivity index (χ3n) is 2.30. The molecule has 0 unspecified atom stereocenters. The highest BCUT2D eigenvalue weighted by atomic mass is 79.9. The van der Waals surface area contributed by atoms with Crippen molar-refractivity contribution in [3.63, 3.8) is 0 Å². The second-order valence-corrected chi connectivity index (χ2v) is 5.91. The van der Waals surface area contributed by atoms with Crippen molar-refractivity contribution in [2.45, 2.75) is 40.3 Å². The Kier molecular flexibility index (Phi) is 6.00. The van der Waals surface area contributed by atoms with Gasteiger partial charge >= 0.3 is 0 Å². The fourth-order valence-corrected chi connectivity index (χ4v) is 1.81. The predicted molar refractivity (Wildman–Crippen MR) is 76.5 cm³/mol. The van der Waals surface area contributed by atoms with Crippen molar-refractivity contribution in [1.82, 2.24) is 5.32 Å². The monoisotopic (exact) mass is 299 g/mol. The zero-order chi connectivity index (χ0) is 12.8. The van der Waals surface area contributed by atoms with E-state index in [1.165, 1.54) is 5.56 Å². The third-order valence-corrected chi connectivity index (χ3v) is 2.79. The first-order chi connectivity index (χ1) is 7.99. The van der Waals surface area contributed by atoms with Gasteiger partial charge in [0.05, 0.1) is 6.61 Å². The molecule has 1 aromatic carbocycles. The molecule has 0 saturated heterocycles. The number of ether oxygens (including phenoxy) is 1. The van der Waals surface area contributed by atoms with Crippen LogP contribution in [0, 0.1) is 5.92 Å². The van der Waals surface area contributed by atoms with E-state index in [1.54, 1.807) is 0 Å². The molecule has 0 fully saturated rings. The standard InChI is InChI=1S/C14H22BrNO/c1-10(2)9-17-14-6-5-13(15)7-12(14)8-16-11(3)4/h5-7,10-11,16H,8-9H2,1-4H3. The molecule has 1 aromatic rings. The minimum atomic E-state index is 0.479. The van der Waals surface area contributed by atoms with Gasteiger partial charge in [-0.3, -0.25) is 0 Å². The number of nitrogens with one attached hydrogen (secondary N) is 1. The quantitative estimate of drug-likeness (QED) is 0.858. The Hall–Kier alpha value is -0.540. The SMILES string of the molecule is CC(C)COc1ccc(Br)cc1CNC(C)C. The molecule has 0 heterocycles. The van der Waals surface area contributed by atoms with Crippen LogP contribution in [0.3, 0.4) is 0 Å². The van der Waals surface area contributed by atoms with E-state index in [-0.39, 0.29) is 0 Å². The van der Waals surface area contributed by atoms with Gasteiger partial charge in [0.15, 0.2) is 0 Å². The van der Waals surface area contributed by atoms with Gasteiger partial charge < -0.3 is 10.1 Å². The van der Waals surface area contributed by atoms with E-state index in [2.05, 4.69) is 55.0 Å². The van der Waals surface area contributed by atoms with Crippen LogP contribution in [0.15, 0.2) is 22.7 Å². The number of halogens is 1. The molecule has 0 aliphatic rings. The van der Waals surface area contributed by atoms with Crippen LogP contribution in [-0.4, -0.2) is 12.6 Å². The second-order valence-electron chi connectivity index (χ2n) is 4.99. The highest BCUT2D eigenvalue weighted by Gasteiger charge is 2.06. The fourth-order valence-electron chi connectivity index (χ4n) is 1.40. The van der Waals surface area contributed by atoms with Crippen molar-refractivity contribution in [2.75, 3.05) is 6.61 Å². The van der Waals surface area contributed by atoms with Gasteiger partial charge in [0, 0.05) is 22.6 Å². The summed E-state index contributed by atoms with van der Waals surface area (Å²) in [5.74, 6) is 1.53. The molecule has 17 heavy (non-hydrogen) atoms. The summed E-state index contributed by atoms with van der Waals surface area (Å²) >= 11 is 3.50. The number of benzene rings is 1. The van der Waals surface area contributed by atoms with Gasteiger partial charge in [-0.05, 0) is 24.1 Å². The van der Waals surface area contributed by atoms with Crippen LogP contribution in [0.1, 0.15) is 33.3 Å². The molecule has 0 atom stereocenters. The average molecular weight is 300 g/mol. The number of rotatable bonds is 6. The van der Waals surface area contributed by atoms with E-state index < -0.39 is 0 Å². The summed E-state index contributed by atoms with van der Waals surface area (Å²) in [6.45, 7) is 10.2. The van der Waals surface area contributed by atoms with Crippen LogP contribution >= 0.6 is 15.9 Å². The minimum absolute atomic E-state index is 0.479. The Morgan fingerprint density at radius 3 is 2.53 bits per heavy atom. The first kappa shape index (κ1) is 14.5. The molecule has 0 amide bonds. The molecule has 1 rings (SSSR count). The van der Waals surface area contributed by atoms with Crippen molar-refractivity contribution >= 4 is 15.9 Å². The van der Waals surface area contributed by atoms with E-state index in [0.29, 0.717) is 12.0 Å². The highest BCUT2D eigenvalue weighted by Crippen LogP contribution is 2.23. The molecule has 0 saturated carbocycles. The van der Waals surface area contributed by atoms with Crippen LogP contribution in [-0.2, 0) is 6.54 Å². The van der Waals surface area contributed by atoms with Gasteiger partial charge in [-0.1, -0.05) is 43.6 Å². The predicted octanol–water partition coefficient (Wildman–Crippen LogP) is 3.98. The van der Waals surface area contributed by atoms with E-state index in [4.69, 9.17) is 4.74 Å². The summed E-state index contributed by atoms with van der Waals surface area (Å²) in [5, 5.41) is 3.42. The lowest BCUT2D eigenvalue weighted by Gasteiger charge is -2.15. The molecule has 96 valence electrons. The zero-order valence-electron chi connectivity index (χ0n) is 11.1. The Labute approximate surface area is 113 Å². The van der Waals surface area contributed by atoms with Crippen molar-refractivity contribution < 1.29 is 4.74 Å². The normalized spacial score (nSPS) is 11.2. The van der Waals surface area contributed by atoms with E-state index in [9.17, 15) is 0 Å². The molecule has 0 spiro atoms. The van der Waals surface area contributed by atoms with Crippen LogP contribution in [0.5, 0.6) is 5.75 Å². The average Bonchev–Trinajstić information content (AvgIpc) is 2.24. The van der Waals surface area contributed by atoms with Gasteiger partial charge in [0.1, 0.15) is 5.75 Å². The number of hydrogen-bond donors (Lipinski definition) is 1. The molecule has 0 aliphatic carbocycles. The molecule has 2 nitrogen and oxygen atoms in total. The van der Waals surface area contributed by atoms with Gasteiger partial charge in [-0.2, -0.15) is 0 Å². The summed E-state index contributed by atoms with van der Waals surface area (Å²) in [4.78, 5) is 0. The van der Waals surface area contributed by atoms with E-state index in [0.717, 1.165) is 23.4 Å². The molecule has 0 aromatic heterocycles. The largest absolute Gasteiger partial charge is 0.493 e. The molecule has 0 radical (unpaired) electrons. The van der Waals surface area contributed by atoms with Crippen molar-refractivity contribution in [1.29, 1.82) is 0 Å². The van der Waals surface area contributed by atoms with Gasteiger partial charge in [-0.15, -0.1) is 0 Å². The van der Waals surface area contributed by atoms with Crippen LogP contribution in [0.25, 0.3) is 0 Å². The number of hydrogen-bond acceptors (Lipinski definition) is 2. The minimum Gasteiger partial charge on any atom is -0.493 e. The van der Waals surface area contributed by atoms with Gasteiger partial charge in [0.2, 0.25) is 0 Å². The van der Waals surface area contributed by atoms with Crippen LogP contribution in [0.4, 0.5) is 0 Å². The summed E-state index contributed by atoms with van der Waals surface area (Å²) in [7, 11) is 0.